The van der Waals surface area contributed by atoms with E-state index >= 15 is 0 Å². The Kier molecular flexibility index (Phi) is 4.31. The molecule has 1 aromatic rings. The second-order valence-corrected chi connectivity index (χ2v) is 7.22. The summed E-state index contributed by atoms with van der Waals surface area (Å²) >= 11 is 0. The predicted molar refractivity (Wildman–Crippen MR) is 78.7 cm³/mol. The number of benzene rings is 1. The van der Waals surface area contributed by atoms with E-state index in [9.17, 15) is 18.5 Å². The Balaban J connectivity index is 2.42. The van der Waals surface area contributed by atoms with E-state index in [-0.39, 0.29) is 10.6 Å². The number of hydrogen-bond donors (Lipinski definition) is 2. The monoisotopic (exact) mass is 313 g/mol. The number of hydrogen-bond acceptors (Lipinski definition) is 5. The molecular formula is C13H19N3O4S. The van der Waals surface area contributed by atoms with E-state index in [2.05, 4.69) is 10.0 Å². The Morgan fingerprint density at radius 1 is 1.33 bits per heavy atom. The fourth-order valence-electron chi connectivity index (χ4n) is 2.59. The first-order valence-corrected chi connectivity index (χ1v) is 8.22. The van der Waals surface area contributed by atoms with Crippen molar-refractivity contribution in [2.75, 3.05) is 13.1 Å². The van der Waals surface area contributed by atoms with Crippen LogP contribution in [0.3, 0.4) is 0 Å². The Hall–Kier alpha value is -1.51. The van der Waals surface area contributed by atoms with Crippen molar-refractivity contribution in [3.63, 3.8) is 0 Å². The van der Waals surface area contributed by atoms with Crippen molar-refractivity contribution < 1.29 is 13.3 Å². The Labute approximate surface area is 123 Å². The third-order valence-corrected chi connectivity index (χ3v) is 5.57. The summed E-state index contributed by atoms with van der Waals surface area (Å²) in [7, 11) is -3.94. The second-order valence-electron chi connectivity index (χ2n) is 5.60. The van der Waals surface area contributed by atoms with E-state index in [0.29, 0.717) is 18.4 Å². The van der Waals surface area contributed by atoms with Gasteiger partial charge in [-0.2, -0.15) is 0 Å². The van der Waals surface area contributed by atoms with Gasteiger partial charge in [-0.1, -0.05) is 12.1 Å². The number of rotatable bonds is 4. The first kappa shape index (κ1) is 15.9. The number of nitro benzene ring substituents is 1. The fourth-order valence-corrected chi connectivity index (χ4v) is 4.45. The number of sulfonamides is 1. The molecule has 0 bridgehead atoms. The average molecular weight is 313 g/mol. The third-order valence-electron chi connectivity index (χ3n) is 3.74. The van der Waals surface area contributed by atoms with Crippen LogP contribution in [0.15, 0.2) is 23.1 Å². The maximum Gasteiger partial charge on any atom is 0.289 e. The van der Waals surface area contributed by atoms with Gasteiger partial charge in [0, 0.05) is 11.6 Å². The minimum atomic E-state index is -3.94. The van der Waals surface area contributed by atoms with Gasteiger partial charge in [0.15, 0.2) is 4.90 Å². The molecule has 0 aliphatic carbocycles. The van der Waals surface area contributed by atoms with Crippen molar-refractivity contribution in [2.45, 2.75) is 37.1 Å². The van der Waals surface area contributed by atoms with E-state index in [1.54, 1.807) is 13.0 Å². The van der Waals surface area contributed by atoms with Gasteiger partial charge in [0.1, 0.15) is 0 Å². The fraction of sp³-hybridized carbons (Fsp3) is 0.538. The van der Waals surface area contributed by atoms with Gasteiger partial charge in [-0.3, -0.25) is 10.1 Å². The predicted octanol–water partition coefficient (Wildman–Crippen LogP) is 1.32. The largest absolute Gasteiger partial charge is 0.317 e. The molecule has 0 saturated carbocycles. The van der Waals surface area contributed by atoms with Gasteiger partial charge in [0.05, 0.1) is 4.92 Å². The van der Waals surface area contributed by atoms with Gasteiger partial charge in [-0.15, -0.1) is 0 Å². The molecular weight excluding hydrogens is 294 g/mol. The van der Waals surface area contributed by atoms with Crippen LogP contribution in [-0.2, 0) is 10.0 Å². The van der Waals surface area contributed by atoms with E-state index < -0.39 is 20.5 Å². The third kappa shape index (κ3) is 3.39. The normalized spacial score (nSPS) is 18.4. The summed E-state index contributed by atoms with van der Waals surface area (Å²) in [6.45, 7) is 4.82. The zero-order valence-electron chi connectivity index (χ0n) is 12.0. The molecule has 21 heavy (non-hydrogen) atoms. The highest BCUT2D eigenvalue weighted by molar-refractivity contribution is 7.89. The number of nitro groups is 1. The Bertz CT molecular complexity index is 651. The molecule has 2 N–H and O–H groups in total. The molecule has 0 amide bonds. The number of nitrogens with zero attached hydrogens (tertiary/aromatic N) is 1. The van der Waals surface area contributed by atoms with Crippen LogP contribution in [0.25, 0.3) is 0 Å². The van der Waals surface area contributed by atoms with E-state index in [0.717, 1.165) is 13.1 Å². The lowest BCUT2D eigenvalue weighted by atomic mass is 9.92. The van der Waals surface area contributed by atoms with Gasteiger partial charge in [-0.25, -0.2) is 13.1 Å². The first-order chi connectivity index (χ1) is 9.75. The van der Waals surface area contributed by atoms with Crippen LogP contribution in [0.2, 0.25) is 0 Å². The molecule has 7 nitrogen and oxygen atoms in total. The highest BCUT2D eigenvalue weighted by Gasteiger charge is 2.36. The second kappa shape index (κ2) is 5.70. The lowest BCUT2D eigenvalue weighted by Crippen LogP contribution is -2.52. The SMILES string of the molecule is Cc1cccc([N+](=O)[O-])c1S(=O)(=O)NC1(C)CCNCC1. The minimum absolute atomic E-state index is 0.241. The smallest absolute Gasteiger partial charge is 0.289 e. The van der Waals surface area contributed by atoms with Crippen LogP contribution < -0.4 is 10.0 Å². The molecule has 1 aliphatic heterocycles. The molecule has 1 fully saturated rings. The maximum absolute atomic E-state index is 12.6. The Morgan fingerprint density at radius 3 is 2.52 bits per heavy atom. The van der Waals surface area contributed by atoms with Gasteiger partial charge >= 0.3 is 0 Å². The molecule has 1 aromatic carbocycles. The molecule has 8 heteroatoms. The van der Waals surface area contributed by atoms with Crippen LogP contribution in [-0.4, -0.2) is 32.0 Å². The van der Waals surface area contributed by atoms with Gasteiger partial charge < -0.3 is 5.32 Å². The van der Waals surface area contributed by atoms with E-state index in [4.69, 9.17) is 0 Å². The zero-order chi connectivity index (χ0) is 15.7. The van der Waals surface area contributed by atoms with Crippen molar-refractivity contribution in [1.82, 2.24) is 10.0 Å². The molecule has 0 unspecified atom stereocenters. The zero-order valence-corrected chi connectivity index (χ0v) is 12.9. The highest BCUT2D eigenvalue weighted by atomic mass is 32.2. The van der Waals surface area contributed by atoms with Crippen molar-refractivity contribution in [2.24, 2.45) is 0 Å². The van der Waals surface area contributed by atoms with Crippen LogP contribution in [0, 0.1) is 17.0 Å². The van der Waals surface area contributed by atoms with Crippen LogP contribution >= 0.6 is 0 Å². The van der Waals surface area contributed by atoms with Crippen LogP contribution in [0.4, 0.5) is 5.69 Å². The number of aryl methyl sites for hydroxylation is 1. The summed E-state index contributed by atoms with van der Waals surface area (Å²) < 4.78 is 27.9. The van der Waals surface area contributed by atoms with E-state index in [1.807, 2.05) is 6.92 Å². The average Bonchev–Trinajstić information content (AvgIpc) is 2.37. The minimum Gasteiger partial charge on any atom is -0.317 e. The van der Waals surface area contributed by atoms with Crippen molar-refractivity contribution in [3.05, 3.63) is 33.9 Å². The number of piperidine rings is 1. The maximum atomic E-state index is 12.6. The summed E-state index contributed by atoms with van der Waals surface area (Å²) in [4.78, 5) is 10.2. The van der Waals surface area contributed by atoms with Crippen LogP contribution in [0.1, 0.15) is 25.3 Å². The lowest BCUT2D eigenvalue weighted by molar-refractivity contribution is -0.387. The standard InChI is InChI=1S/C13H19N3O4S/c1-10-4-3-5-11(16(17)18)12(10)21(19,20)15-13(2)6-8-14-9-7-13/h3-5,14-15H,6-9H2,1-2H3. The molecule has 0 aromatic heterocycles. The quantitative estimate of drug-likeness (QED) is 0.645. The summed E-state index contributed by atoms with van der Waals surface area (Å²) in [5, 5.41) is 14.3. The summed E-state index contributed by atoms with van der Waals surface area (Å²) in [5.74, 6) is 0. The molecule has 2 rings (SSSR count). The molecule has 1 saturated heterocycles. The topological polar surface area (TPSA) is 101 Å². The van der Waals surface area contributed by atoms with Crippen molar-refractivity contribution >= 4 is 15.7 Å². The van der Waals surface area contributed by atoms with Gasteiger partial charge in [0.25, 0.3) is 5.69 Å². The molecule has 0 atom stereocenters. The van der Waals surface area contributed by atoms with Crippen LogP contribution in [0.5, 0.6) is 0 Å². The first-order valence-electron chi connectivity index (χ1n) is 6.74. The summed E-state index contributed by atoms with van der Waals surface area (Å²) in [6, 6.07) is 4.26. The lowest BCUT2D eigenvalue weighted by Gasteiger charge is -2.34. The highest BCUT2D eigenvalue weighted by Crippen LogP contribution is 2.29. The molecule has 1 heterocycles. The number of nitrogens with one attached hydrogen (secondary N) is 2. The molecule has 0 spiro atoms. The summed E-state index contributed by atoms with van der Waals surface area (Å²) in [5.41, 5.74) is -0.602. The van der Waals surface area contributed by atoms with E-state index in [1.165, 1.54) is 12.1 Å². The molecule has 0 radical (unpaired) electrons. The molecule has 116 valence electrons. The summed E-state index contributed by atoms with van der Waals surface area (Å²) in [6.07, 6.45) is 1.29. The molecule has 1 aliphatic rings. The van der Waals surface area contributed by atoms with Gasteiger partial charge in [0.2, 0.25) is 10.0 Å². The Morgan fingerprint density at radius 2 is 1.95 bits per heavy atom. The van der Waals surface area contributed by atoms with Crippen molar-refractivity contribution in [1.29, 1.82) is 0 Å². The van der Waals surface area contributed by atoms with Crippen molar-refractivity contribution in [3.8, 4) is 0 Å². The van der Waals surface area contributed by atoms with Gasteiger partial charge in [-0.05, 0) is 45.3 Å².